The number of para-hydroxylation sites is 1. The Labute approximate surface area is 214 Å². The van der Waals surface area contributed by atoms with Gasteiger partial charge in [-0.15, -0.1) is 0 Å². The second-order valence-electron chi connectivity index (χ2n) is 8.73. The van der Waals surface area contributed by atoms with Crippen LogP contribution in [-0.4, -0.2) is 32.0 Å². The third kappa shape index (κ3) is 5.86. The Bertz CT molecular complexity index is 1470. The van der Waals surface area contributed by atoms with Gasteiger partial charge >= 0.3 is 11.7 Å². The second-order valence-corrected chi connectivity index (χ2v) is 8.73. The highest BCUT2D eigenvalue weighted by Crippen LogP contribution is 2.14. The van der Waals surface area contributed by atoms with Gasteiger partial charge in [-0.05, 0) is 37.1 Å². The standard InChI is InChI=1S/C29H29N3O5/c1-3-31-28(35)24-16-10-11-17-25(24)32(29(31)36)20-26(33)37-21(2)27(34)30(18-22-12-6-4-7-13-22)19-23-14-8-5-9-15-23/h4-17,21H,3,18-20H2,1-2H3. The van der Waals surface area contributed by atoms with Crippen molar-refractivity contribution in [3.63, 3.8) is 0 Å². The van der Waals surface area contributed by atoms with Crippen LogP contribution in [0.1, 0.15) is 25.0 Å². The highest BCUT2D eigenvalue weighted by Gasteiger charge is 2.25. The molecule has 37 heavy (non-hydrogen) atoms. The minimum atomic E-state index is -1.07. The molecule has 0 saturated heterocycles. The van der Waals surface area contributed by atoms with E-state index in [1.807, 2.05) is 60.7 Å². The molecule has 0 aliphatic carbocycles. The van der Waals surface area contributed by atoms with Crippen LogP contribution in [0.3, 0.4) is 0 Å². The Morgan fingerprint density at radius 3 is 1.92 bits per heavy atom. The van der Waals surface area contributed by atoms with Crippen molar-refractivity contribution < 1.29 is 14.3 Å². The monoisotopic (exact) mass is 499 g/mol. The first-order chi connectivity index (χ1) is 17.9. The lowest BCUT2D eigenvalue weighted by Gasteiger charge is -2.26. The number of fused-ring (bicyclic) bond motifs is 1. The van der Waals surface area contributed by atoms with Crippen molar-refractivity contribution in [2.45, 2.75) is 46.1 Å². The molecule has 0 aliphatic heterocycles. The SMILES string of the molecule is CCn1c(=O)c2ccccc2n(CC(=O)OC(C)C(=O)N(Cc2ccccc2)Cc2ccccc2)c1=O. The van der Waals surface area contributed by atoms with Crippen LogP contribution < -0.4 is 11.2 Å². The quantitative estimate of drug-likeness (QED) is 0.330. The molecule has 1 aromatic heterocycles. The highest BCUT2D eigenvalue weighted by atomic mass is 16.5. The van der Waals surface area contributed by atoms with Crippen LogP contribution >= 0.6 is 0 Å². The van der Waals surface area contributed by atoms with Crippen molar-refractivity contribution in [2.24, 2.45) is 0 Å². The summed E-state index contributed by atoms with van der Waals surface area (Å²) in [5, 5.41) is 0.331. The minimum Gasteiger partial charge on any atom is -0.451 e. The van der Waals surface area contributed by atoms with Gasteiger partial charge in [0.1, 0.15) is 6.54 Å². The van der Waals surface area contributed by atoms with E-state index in [0.29, 0.717) is 24.0 Å². The number of carbonyl (C=O) groups is 2. The molecule has 1 heterocycles. The summed E-state index contributed by atoms with van der Waals surface area (Å²) in [6.07, 6.45) is -1.07. The van der Waals surface area contributed by atoms with E-state index in [4.69, 9.17) is 4.74 Å². The van der Waals surface area contributed by atoms with Crippen molar-refractivity contribution in [1.82, 2.24) is 14.0 Å². The van der Waals surface area contributed by atoms with E-state index in [1.54, 1.807) is 36.1 Å². The number of rotatable bonds is 9. The lowest BCUT2D eigenvalue weighted by Crippen LogP contribution is -2.42. The zero-order chi connectivity index (χ0) is 26.4. The number of amides is 1. The van der Waals surface area contributed by atoms with Crippen LogP contribution in [0.2, 0.25) is 0 Å². The molecule has 0 N–H and O–H groups in total. The van der Waals surface area contributed by atoms with Crippen molar-refractivity contribution >= 4 is 22.8 Å². The van der Waals surface area contributed by atoms with E-state index in [0.717, 1.165) is 15.7 Å². The maximum Gasteiger partial charge on any atom is 0.332 e. The topological polar surface area (TPSA) is 90.6 Å². The van der Waals surface area contributed by atoms with Crippen molar-refractivity contribution in [2.75, 3.05) is 0 Å². The van der Waals surface area contributed by atoms with Crippen molar-refractivity contribution in [3.8, 4) is 0 Å². The molecule has 190 valence electrons. The maximum absolute atomic E-state index is 13.4. The van der Waals surface area contributed by atoms with Gasteiger partial charge in [0, 0.05) is 19.6 Å². The Morgan fingerprint density at radius 2 is 1.35 bits per heavy atom. The fourth-order valence-electron chi connectivity index (χ4n) is 4.29. The van der Waals surface area contributed by atoms with Gasteiger partial charge < -0.3 is 9.64 Å². The molecule has 0 aliphatic rings. The van der Waals surface area contributed by atoms with Crippen molar-refractivity contribution in [3.05, 3.63) is 117 Å². The summed E-state index contributed by atoms with van der Waals surface area (Å²) in [6.45, 7) is 3.66. The fraction of sp³-hybridized carbons (Fsp3) is 0.241. The van der Waals surface area contributed by atoms with Crippen LogP contribution in [0.4, 0.5) is 0 Å². The average molecular weight is 500 g/mol. The molecule has 8 nitrogen and oxygen atoms in total. The van der Waals surface area contributed by atoms with E-state index in [-0.39, 0.29) is 12.5 Å². The summed E-state index contributed by atoms with van der Waals surface area (Å²) in [5.41, 5.74) is 1.23. The van der Waals surface area contributed by atoms with Crippen LogP contribution in [0.15, 0.2) is 94.5 Å². The van der Waals surface area contributed by atoms with Crippen LogP contribution in [-0.2, 0) is 40.5 Å². The summed E-state index contributed by atoms with van der Waals surface area (Å²) < 4.78 is 7.79. The van der Waals surface area contributed by atoms with E-state index >= 15 is 0 Å². The highest BCUT2D eigenvalue weighted by molar-refractivity contribution is 5.84. The number of ether oxygens (including phenoxy) is 1. The molecule has 0 bridgehead atoms. The normalized spacial score (nSPS) is 11.7. The van der Waals surface area contributed by atoms with Gasteiger partial charge in [-0.25, -0.2) is 4.79 Å². The summed E-state index contributed by atoms with van der Waals surface area (Å²) in [7, 11) is 0. The van der Waals surface area contributed by atoms with Gasteiger partial charge in [-0.1, -0.05) is 72.8 Å². The lowest BCUT2D eigenvalue weighted by molar-refractivity contribution is -0.160. The Morgan fingerprint density at radius 1 is 0.811 bits per heavy atom. The Balaban J connectivity index is 1.54. The molecule has 1 atom stereocenters. The first-order valence-electron chi connectivity index (χ1n) is 12.2. The number of nitrogens with zero attached hydrogens (tertiary/aromatic N) is 3. The third-order valence-corrected chi connectivity index (χ3v) is 6.14. The van der Waals surface area contributed by atoms with E-state index in [1.165, 1.54) is 11.5 Å². The molecule has 3 aromatic carbocycles. The van der Waals surface area contributed by atoms with Crippen molar-refractivity contribution in [1.29, 1.82) is 0 Å². The number of hydrogen-bond acceptors (Lipinski definition) is 5. The largest absolute Gasteiger partial charge is 0.451 e. The minimum absolute atomic E-state index is 0.167. The predicted molar refractivity (Wildman–Crippen MR) is 141 cm³/mol. The van der Waals surface area contributed by atoms with Gasteiger partial charge in [-0.2, -0.15) is 0 Å². The summed E-state index contributed by atoms with van der Waals surface area (Å²) in [4.78, 5) is 53.5. The molecule has 0 fully saturated rings. The molecular weight excluding hydrogens is 470 g/mol. The molecule has 0 saturated carbocycles. The van der Waals surface area contributed by atoms with Gasteiger partial charge in [0.05, 0.1) is 10.9 Å². The predicted octanol–water partition coefficient (Wildman–Crippen LogP) is 3.34. The van der Waals surface area contributed by atoms with Gasteiger partial charge in [0.2, 0.25) is 0 Å². The zero-order valence-corrected chi connectivity index (χ0v) is 20.9. The van der Waals surface area contributed by atoms with E-state index in [2.05, 4.69) is 0 Å². The fourth-order valence-corrected chi connectivity index (χ4v) is 4.29. The van der Waals surface area contributed by atoms with Crippen LogP contribution in [0.25, 0.3) is 10.9 Å². The van der Waals surface area contributed by atoms with Gasteiger partial charge in [-0.3, -0.25) is 23.5 Å². The molecule has 1 amide bonds. The number of benzene rings is 3. The molecule has 1 unspecified atom stereocenters. The number of hydrogen-bond donors (Lipinski definition) is 0. The molecule has 0 spiro atoms. The first kappa shape index (κ1) is 25.6. The molecule has 0 radical (unpaired) electrons. The lowest BCUT2D eigenvalue weighted by atomic mass is 10.1. The average Bonchev–Trinajstić information content (AvgIpc) is 2.91. The van der Waals surface area contributed by atoms with E-state index in [9.17, 15) is 19.2 Å². The smallest absolute Gasteiger partial charge is 0.332 e. The Kier molecular flexibility index (Phi) is 7.98. The molecule has 4 rings (SSSR count). The summed E-state index contributed by atoms with van der Waals surface area (Å²) in [6, 6.07) is 25.8. The van der Waals surface area contributed by atoms with Gasteiger partial charge in [0.25, 0.3) is 11.5 Å². The summed E-state index contributed by atoms with van der Waals surface area (Å²) in [5.74, 6) is -1.09. The maximum atomic E-state index is 13.4. The van der Waals surface area contributed by atoms with Gasteiger partial charge in [0.15, 0.2) is 6.10 Å². The summed E-state index contributed by atoms with van der Waals surface area (Å²) >= 11 is 0. The number of aromatic nitrogens is 2. The first-order valence-corrected chi connectivity index (χ1v) is 12.2. The molecular formula is C29H29N3O5. The van der Waals surface area contributed by atoms with Crippen LogP contribution in [0.5, 0.6) is 0 Å². The second kappa shape index (κ2) is 11.5. The number of esters is 1. The molecule has 8 heteroatoms. The van der Waals surface area contributed by atoms with Crippen LogP contribution in [0, 0.1) is 0 Å². The number of carbonyl (C=O) groups excluding carboxylic acids is 2. The third-order valence-electron chi connectivity index (χ3n) is 6.14. The van der Waals surface area contributed by atoms with E-state index < -0.39 is 29.9 Å². The Hall–Kier alpha value is -4.46. The zero-order valence-electron chi connectivity index (χ0n) is 20.9. The molecule has 4 aromatic rings.